The molecule has 0 spiro atoms. The van der Waals surface area contributed by atoms with Gasteiger partial charge < -0.3 is 19.7 Å². The first-order chi connectivity index (χ1) is 14.8. The first-order valence-corrected chi connectivity index (χ1v) is 11.2. The zero-order valence-electron chi connectivity index (χ0n) is 18.6. The number of unbranched alkanes of at least 4 members (excludes halogenated alkanes) is 1. The van der Waals surface area contributed by atoms with Crippen LogP contribution in [0.15, 0.2) is 46.9 Å². The second-order valence-electron chi connectivity index (χ2n) is 7.39. The Labute approximate surface area is 193 Å². The maximum atomic E-state index is 13.1. The minimum absolute atomic E-state index is 0.149. The summed E-state index contributed by atoms with van der Waals surface area (Å²) in [5.74, 6) is 0.920. The summed E-state index contributed by atoms with van der Waals surface area (Å²) in [7, 11) is 1.61. The van der Waals surface area contributed by atoms with Crippen molar-refractivity contribution in [1.29, 1.82) is 0 Å². The molecule has 0 aliphatic rings. The molecule has 168 valence electrons. The van der Waals surface area contributed by atoms with Crippen molar-refractivity contribution in [3.8, 4) is 11.5 Å². The molecule has 0 bridgehead atoms. The number of methoxy groups -OCH3 is 1. The van der Waals surface area contributed by atoms with Crippen molar-refractivity contribution >= 4 is 27.7 Å². The summed E-state index contributed by atoms with van der Waals surface area (Å²) in [5, 5.41) is 2.91. The number of nitrogens with zero attached hydrogens (tertiary/aromatic N) is 1. The number of benzene rings is 2. The maximum Gasteiger partial charge on any atom is 0.261 e. The smallest absolute Gasteiger partial charge is 0.261 e. The SMILES string of the molecule is CCCCNC(=O)[C@@H](C)N(Cc1ccc(OC)cc1)C(=O)COc1ccc(Br)c(C)c1. The summed E-state index contributed by atoms with van der Waals surface area (Å²) >= 11 is 3.46. The van der Waals surface area contributed by atoms with Crippen LogP contribution in [0.25, 0.3) is 0 Å². The van der Waals surface area contributed by atoms with E-state index in [0.717, 1.165) is 34.2 Å². The van der Waals surface area contributed by atoms with Gasteiger partial charge in [-0.1, -0.05) is 41.4 Å². The Balaban J connectivity index is 2.12. The molecule has 2 rings (SSSR count). The fourth-order valence-electron chi connectivity index (χ4n) is 2.98. The monoisotopic (exact) mass is 490 g/mol. The van der Waals surface area contributed by atoms with Crippen molar-refractivity contribution in [2.45, 2.75) is 46.2 Å². The number of hydrogen-bond donors (Lipinski definition) is 1. The van der Waals surface area contributed by atoms with E-state index < -0.39 is 6.04 Å². The Kier molecular flexibility index (Phi) is 9.85. The Morgan fingerprint density at radius 3 is 2.42 bits per heavy atom. The number of nitrogens with one attached hydrogen (secondary N) is 1. The minimum Gasteiger partial charge on any atom is -0.497 e. The molecule has 0 radical (unpaired) electrons. The van der Waals surface area contributed by atoms with Crippen molar-refractivity contribution in [1.82, 2.24) is 10.2 Å². The van der Waals surface area contributed by atoms with Gasteiger partial charge in [0.15, 0.2) is 6.61 Å². The molecule has 7 heteroatoms. The van der Waals surface area contributed by atoms with Crippen LogP contribution in [0.2, 0.25) is 0 Å². The molecule has 0 aliphatic carbocycles. The number of ether oxygens (including phenoxy) is 2. The van der Waals surface area contributed by atoms with Gasteiger partial charge in [0.1, 0.15) is 17.5 Å². The van der Waals surface area contributed by atoms with E-state index in [-0.39, 0.29) is 18.4 Å². The molecule has 1 atom stereocenters. The summed E-state index contributed by atoms with van der Waals surface area (Å²) in [4.78, 5) is 27.2. The van der Waals surface area contributed by atoms with E-state index in [9.17, 15) is 9.59 Å². The third kappa shape index (κ3) is 7.58. The predicted molar refractivity (Wildman–Crippen MR) is 125 cm³/mol. The lowest BCUT2D eigenvalue weighted by Gasteiger charge is -2.29. The van der Waals surface area contributed by atoms with Gasteiger partial charge in [0.05, 0.1) is 7.11 Å². The first-order valence-electron chi connectivity index (χ1n) is 10.4. The van der Waals surface area contributed by atoms with Gasteiger partial charge in [-0.05, 0) is 61.7 Å². The summed E-state index contributed by atoms with van der Waals surface area (Å²) in [6.07, 6.45) is 1.89. The van der Waals surface area contributed by atoms with Gasteiger partial charge >= 0.3 is 0 Å². The van der Waals surface area contributed by atoms with Crippen LogP contribution in [0.1, 0.15) is 37.8 Å². The standard InChI is InChI=1S/C24H31BrN2O4/c1-5-6-13-26-24(29)18(3)27(15-19-7-9-20(30-4)10-8-19)23(28)16-31-21-11-12-22(25)17(2)14-21/h7-12,14,18H,5-6,13,15-16H2,1-4H3,(H,26,29)/t18-/m1/s1. The molecule has 31 heavy (non-hydrogen) atoms. The fourth-order valence-corrected chi connectivity index (χ4v) is 3.23. The van der Waals surface area contributed by atoms with Gasteiger partial charge in [0.25, 0.3) is 5.91 Å². The quantitative estimate of drug-likeness (QED) is 0.471. The molecule has 1 N–H and O–H groups in total. The fraction of sp³-hybridized carbons (Fsp3) is 0.417. The molecular weight excluding hydrogens is 460 g/mol. The molecule has 2 aromatic carbocycles. The normalized spacial score (nSPS) is 11.5. The molecule has 2 aromatic rings. The number of hydrogen-bond acceptors (Lipinski definition) is 4. The molecule has 0 aromatic heterocycles. The highest BCUT2D eigenvalue weighted by atomic mass is 79.9. The number of aryl methyl sites for hydroxylation is 1. The Morgan fingerprint density at radius 2 is 1.81 bits per heavy atom. The first kappa shape index (κ1) is 24.7. The number of carbonyl (C=O) groups excluding carboxylic acids is 2. The lowest BCUT2D eigenvalue weighted by Crippen LogP contribution is -2.49. The Morgan fingerprint density at radius 1 is 1.13 bits per heavy atom. The minimum atomic E-state index is -0.623. The summed E-state index contributed by atoms with van der Waals surface area (Å²) < 4.78 is 11.9. The van der Waals surface area contributed by atoms with Gasteiger partial charge in [-0.15, -0.1) is 0 Å². The van der Waals surface area contributed by atoms with E-state index in [1.807, 2.05) is 43.3 Å². The highest BCUT2D eigenvalue weighted by Crippen LogP contribution is 2.22. The second kappa shape index (κ2) is 12.3. The van der Waals surface area contributed by atoms with Crippen LogP contribution < -0.4 is 14.8 Å². The van der Waals surface area contributed by atoms with Crippen LogP contribution in [0, 0.1) is 6.92 Å². The number of carbonyl (C=O) groups is 2. The van der Waals surface area contributed by atoms with Crippen LogP contribution in [0.3, 0.4) is 0 Å². The number of rotatable bonds is 11. The molecule has 0 saturated heterocycles. The maximum absolute atomic E-state index is 13.1. The zero-order chi connectivity index (χ0) is 22.8. The Bertz CT molecular complexity index is 870. The van der Waals surface area contributed by atoms with Gasteiger partial charge in [0, 0.05) is 17.6 Å². The predicted octanol–water partition coefficient (Wildman–Crippen LogP) is 4.48. The van der Waals surface area contributed by atoms with E-state index in [1.165, 1.54) is 0 Å². The van der Waals surface area contributed by atoms with Crippen LogP contribution in [0.5, 0.6) is 11.5 Å². The third-order valence-electron chi connectivity index (χ3n) is 5.00. The lowest BCUT2D eigenvalue weighted by molar-refractivity contribution is -0.142. The van der Waals surface area contributed by atoms with Crippen molar-refractivity contribution in [2.24, 2.45) is 0 Å². The average molecular weight is 491 g/mol. The van der Waals surface area contributed by atoms with E-state index in [4.69, 9.17) is 9.47 Å². The summed E-state index contributed by atoms with van der Waals surface area (Å²) in [6, 6.07) is 12.4. The molecule has 6 nitrogen and oxygen atoms in total. The zero-order valence-corrected chi connectivity index (χ0v) is 20.2. The van der Waals surface area contributed by atoms with Crippen LogP contribution in [-0.2, 0) is 16.1 Å². The molecule has 0 saturated carbocycles. The molecule has 2 amide bonds. The topological polar surface area (TPSA) is 67.9 Å². The van der Waals surface area contributed by atoms with Crippen LogP contribution in [0.4, 0.5) is 0 Å². The van der Waals surface area contributed by atoms with Crippen LogP contribution >= 0.6 is 15.9 Å². The summed E-state index contributed by atoms with van der Waals surface area (Å²) in [6.45, 7) is 6.51. The van der Waals surface area contributed by atoms with Crippen molar-refractivity contribution in [3.63, 3.8) is 0 Å². The van der Waals surface area contributed by atoms with Crippen molar-refractivity contribution in [2.75, 3.05) is 20.3 Å². The molecular formula is C24H31BrN2O4. The second-order valence-corrected chi connectivity index (χ2v) is 8.24. The van der Waals surface area contributed by atoms with Crippen molar-refractivity contribution in [3.05, 3.63) is 58.1 Å². The van der Waals surface area contributed by atoms with Gasteiger partial charge in [-0.3, -0.25) is 9.59 Å². The Hall–Kier alpha value is -2.54. The molecule has 0 heterocycles. The highest BCUT2D eigenvalue weighted by molar-refractivity contribution is 9.10. The van der Waals surface area contributed by atoms with Gasteiger partial charge in [-0.25, -0.2) is 0 Å². The highest BCUT2D eigenvalue weighted by Gasteiger charge is 2.26. The average Bonchev–Trinajstić information content (AvgIpc) is 2.78. The largest absolute Gasteiger partial charge is 0.497 e. The molecule has 0 aliphatic heterocycles. The van der Waals surface area contributed by atoms with Gasteiger partial charge in [-0.2, -0.15) is 0 Å². The summed E-state index contributed by atoms with van der Waals surface area (Å²) in [5.41, 5.74) is 1.92. The number of halogens is 1. The third-order valence-corrected chi connectivity index (χ3v) is 5.89. The van der Waals surface area contributed by atoms with Crippen molar-refractivity contribution < 1.29 is 19.1 Å². The molecule has 0 unspecified atom stereocenters. The molecule has 0 fully saturated rings. The van der Waals surface area contributed by atoms with Gasteiger partial charge in [0.2, 0.25) is 5.91 Å². The van der Waals surface area contributed by atoms with E-state index in [1.54, 1.807) is 25.0 Å². The van der Waals surface area contributed by atoms with E-state index in [0.29, 0.717) is 18.8 Å². The van der Waals surface area contributed by atoms with E-state index >= 15 is 0 Å². The number of amides is 2. The lowest BCUT2D eigenvalue weighted by atomic mass is 10.1. The van der Waals surface area contributed by atoms with Crippen LogP contribution in [-0.4, -0.2) is 43.0 Å². The van der Waals surface area contributed by atoms with E-state index in [2.05, 4.69) is 28.2 Å².